The van der Waals surface area contributed by atoms with Crippen molar-refractivity contribution in [3.8, 4) is 0 Å². The van der Waals surface area contributed by atoms with Crippen LogP contribution in [0.1, 0.15) is 36.1 Å². The number of nitrogens with one attached hydrogen (secondary N) is 1. The molecule has 2 aromatic carbocycles. The number of hydrogen-bond acceptors (Lipinski definition) is 3. The van der Waals surface area contributed by atoms with Crippen molar-refractivity contribution in [1.29, 1.82) is 0 Å². The van der Waals surface area contributed by atoms with E-state index in [2.05, 4.69) is 66.5 Å². The Balaban J connectivity index is 1.52. The van der Waals surface area contributed by atoms with E-state index in [-0.39, 0.29) is 0 Å². The average Bonchev–Trinajstić information content (AvgIpc) is 2.63. The van der Waals surface area contributed by atoms with Crippen LogP contribution < -0.4 is 5.32 Å². The summed E-state index contributed by atoms with van der Waals surface area (Å²) in [6.45, 7) is 8.18. The molecule has 3 atom stereocenters. The summed E-state index contributed by atoms with van der Waals surface area (Å²) in [5, 5.41) is 14.1. The fourth-order valence-electron chi connectivity index (χ4n) is 3.56. The molecule has 0 amide bonds. The van der Waals surface area contributed by atoms with Crippen molar-refractivity contribution in [2.45, 2.75) is 39.0 Å². The van der Waals surface area contributed by atoms with Gasteiger partial charge < -0.3 is 10.4 Å². The molecule has 0 saturated carbocycles. The molecule has 1 aliphatic heterocycles. The van der Waals surface area contributed by atoms with Gasteiger partial charge in [0, 0.05) is 25.7 Å². The highest BCUT2D eigenvalue weighted by molar-refractivity contribution is 5.23. The van der Waals surface area contributed by atoms with Crippen LogP contribution in [0.25, 0.3) is 0 Å². The van der Waals surface area contributed by atoms with Gasteiger partial charge in [-0.3, -0.25) is 4.90 Å². The number of likely N-dealkylation sites (tertiary alicyclic amines) is 1. The molecule has 2 aromatic rings. The van der Waals surface area contributed by atoms with Gasteiger partial charge >= 0.3 is 0 Å². The van der Waals surface area contributed by atoms with Crippen molar-refractivity contribution >= 4 is 0 Å². The van der Waals surface area contributed by atoms with Gasteiger partial charge in [-0.25, -0.2) is 0 Å². The van der Waals surface area contributed by atoms with Crippen LogP contribution in [-0.2, 0) is 6.54 Å². The number of aliphatic hydroxyl groups excluding tert-OH is 1. The first kappa shape index (κ1) is 18.1. The van der Waals surface area contributed by atoms with Crippen LogP contribution >= 0.6 is 0 Å². The number of hydrogen-bond donors (Lipinski definition) is 2. The zero-order valence-electron chi connectivity index (χ0n) is 15.4. The van der Waals surface area contributed by atoms with Gasteiger partial charge in [-0.15, -0.1) is 0 Å². The Kier molecular flexibility index (Phi) is 6.24. The Morgan fingerprint density at radius 2 is 1.84 bits per heavy atom. The third kappa shape index (κ3) is 5.15. The third-order valence-corrected chi connectivity index (χ3v) is 5.33. The summed E-state index contributed by atoms with van der Waals surface area (Å²) in [6.07, 6.45) is 0.753. The summed E-state index contributed by atoms with van der Waals surface area (Å²) in [5.74, 6) is 0.636. The topological polar surface area (TPSA) is 35.5 Å². The molecular weight excluding hydrogens is 308 g/mol. The number of piperidine rings is 1. The number of nitrogens with zero attached hydrogens (tertiary/aromatic N) is 1. The van der Waals surface area contributed by atoms with Crippen LogP contribution in [0.5, 0.6) is 0 Å². The first-order valence-corrected chi connectivity index (χ1v) is 9.36. The van der Waals surface area contributed by atoms with Crippen molar-refractivity contribution in [3.63, 3.8) is 0 Å². The first-order valence-electron chi connectivity index (χ1n) is 9.36. The summed E-state index contributed by atoms with van der Waals surface area (Å²) in [4.78, 5) is 2.52. The normalized spacial score (nSPS) is 22.7. The number of aliphatic hydroxyl groups is 1. The molecule has 0 unspecified atom stereocenters. The number of rotatable bonds is 6. The van der Waals surface area contributed by atoms with E-state index in [4.69, 9.17) is 0 Å². The lowest BCUT2D eigenvalue weighted by Crippen LogP contribution is -2.50. The average molecular weight is 338 g/mol. The SMILES string of the molecule is Cc1ccc([C@H](O)CN[C@H]2CN(Cc3ccccc3)CC[C@@H]2C)cc1. The summed E-state index contributed by atoms with van der Waals surface area (Å²) in [5.41, 5.74) is 3.58. The zero-order chi connectivity index (χ0) is 17.6. The lowest BCUT2D eigenvalue weighted by atomic mass is 9.92. The fourth-order valence-corrected chi connectivity index (χ4v) is 3.56. The van der Waals surface area contributed by atoms with Crippen LogP contribution in [-0.4, -0.2) is 35.7 Å². The summed E-state index contributed by atoms with van der Waals surface area (Å²) < 4.78 is 0. The van der Waals surface area contributed by atoms with Gasteiger partial charge in [0.1, 0.15) is 0 Å². The predicted molar refractivity (Wildman–Crippen MR) is 103 cm³/mol. The Bertz CT molecular complexity index is 641. The monoisotopic (exact) mass is 338 g/mol. The van der Waals surface area contributed by atoms with Crippen LogP contribution in [0.2, 0.25) is 0 Å². The van der Waals surface area contributed by atoms with Crippen LogP contribution in [0.15, 0.2) is 54.6 Å². The van der Waals surface area contributed by atoms with E-state index in [1.54, 1.807) is 0 Å². The van der Waals surface area contributed by atoms with Gasteiger partial charge in [-0.05, 0) is 36.9 Å². The molecule has 25 heavy (non-hydrogen) atoms. The van der Waals surface area contributed by atoms with Crippen LogP contribution in [0, 0.1) is 12.8 Å². The number of benzene rings is 2. The molecule has 3 nitrogen and oxygen atoms in total. The molecule has 1 saturated heterocycles. The van der Waals surface area contributed by atoms with E-state index in [0.29, 0.717) is 18.5 Å². The van der Waals surface area contributed by atoms with Crippen molar-refractivity contribution in [2.24, 2.45) is 5.92 Å². The van der Waals surface area contributed by atoms with Crippen molar-refractivity contribution < 1.29 is 5.11 Å². The van der Waals surface area contributed by atoms with Crippen LogP contribution in [0.4, 0.5) is 0 Å². The maximum atomic E-state index is 10.5. The summed E-state index contributed by atoms with van der Waals surface area (Å²) in [6, 6.07) is 19.3. The van der Waals surface area contributed by atoms with E-state index in [1.807, 2.05) is 12.1 Å². The summed E-state index contributed by atoms with van der Waals surface area (Å²) >= 11 is 0. The Morgan fingerprint density at radius 1 is 1.12 bits per heavy atom. The molecule has 1 heterocycles. The van der Waals surface area contributed by atoms with E-state index in [9.17, 15) is 5.11 Å². The molecule has 0 aromatic heterocycles. The van der Waals surface area contributed by atoms with Gasteiger partial charge in [0.05, 0.1) is 6.10 Å². The van der Waals surface area contributed by atoms with Gasteiger partial charge in [0.2, 0.25) is 0 Å². The molecule has 0 radical (unpaired) electrons. The van der Waals surface area contributed by atoms with E-state index in [1.165, 1.54) is 17.5 Å². The van der Waals surface area contributed by atoms with Crippen LogP contribution in [0.3, 0.4) is 0 Å². The standard InChI is InChI=1S/C22H30N2O/c1-17-8-10-20(11-9-17)22(25)14-23-21-16-24(13-12-18(21)2)15-19-6-4-3-5-7-19/h3-11,18,21-23,25H,12-16H2,1-2H3/t18-,21-,22+/m0/s1. The molecule has 1 aliphatic rings. The molecule has 134 valence electrons. The van der Waals surface area contributed by atoms with E-state index < -0.39 is 6.10 Å². The highest BCUT2D eigenvalue weighted by Gasteiger charge is 2.26. The molecule has 0 bridgehead atoms. The largest absolute Gasteiger partial charge is 0.387 e. The molecule has 0 spiro atoms. The van der Waals surface area contributed by atoms with Gasteiger partial charge in [0.25, 0.3) is 0 Å². The van der Waals surface area contributed by atoms with Crippen molar-refractivity contribution in [2.75, 3.05) is 19.6 Å². The zero-order valence-corrected chi connectivity index (χ0v) is 15.4. The molecule has 3 heteroatoms. The van der Waals surface area contributed by atoms with Gasteiger partial charge in [0.15, 0.2) is 0 Å². The van der Waals surface area contributed by atoms with E-state index >= 15 is 0 Å². The Hall–Kier alpha value is -1.68. The summed E-state index contributed by atoms with van der Waals surface area (Å²) in [7, 11) is 0. The first-order chi connectivity index (χ1) is 12.1. The molecule has 3 rings (SSSR count). The Morgan fingerprint density at radius 3 is 2.56 bits per heavy atom. The minimum absolute atomic E-state index is 0.428. The predicted octanol–water partition coefficient (Wildman–Crippen LogP) is 3.53. The van der Waals surface area contributed by atoms with Gasteiger partial charge in [-0.1, -0.05) is 67.1 Å². The molecule has 1 fully saturated rings. The second kappa shape index (κ2) is 8.61. The Labute approximate surface area is 151 Å². The fraction of sp³-hybridized carbons (Fsp3) is 0.455. The minimum Gasteiger partial charge on any atom is -0.387 e. The lowest BCUT2D eigenvalue weighted by Gasteiger charge is -2.38. The number of aryl methyl sites for hydroxylation is 1. The van der Waals surface area contributed by atoms with Crippen molar-refractivity contribution in [3.05, 3.63) is 71.3 Å². The molecule has 0 aliphatic carbocycles. The maximum absolute atomic E-state index is 10.5. The van der Waals surface area contributed by atoms with E-state index in [0.717, 1.165) is 25.2 Å². The lowest BCUT2D eigenvalue weighted by molar-refractivity contribution is 0.119. The maximum Gasteiger partial charge on any atom is 0.0914 e. The highest BCUT2D eigenvalue weighted by atomic mass is 16.3. The molecular formula is C22H30N2O. The minimum atomic E-state index is -0.447. The third-order valence-electron chi connectivity index (χ3n) is 5.33. The van der Waals surface area contributed by atoms with Crippen molar-refractivity contribution in [1.82, 2.24) is 10.2 Å². The second-order valence-electron chi connectivity index (χ2n) is 7.43. The van der Waals surface area contributed by atoms with Gasteiger partial charge in [-0.2, -0.15) is 0 Å². The molecule has 2 N–H and O–H groups in total. The smallest absolute Gasteiger partial charge is 0.0914 e. The quantitative estimate of drug-likeness (QED) is 0.846. The highest BCUT2D eigenvalue weighted by Crippen LogP contribution is 2.20. The second-order valence-corrected chi connectivity index (χ2v) is 7.43.